The SMILES string of the molecule is CC[C@@](CSC(=O)[C@@H](N)C(C)C)(NC(C)=O)C(=O)O. The fourth-order valence-electron chi connectivity index (χ4n) is 1.39. The third-order valence-electron chi connectivity index (χ3n) is 2.88. The minimum atomic E-state index is -1.43. The molecule has 19 heavy (non-hydrogen) atoms. The number of thioether (sulfide) groups is 1. The first kappa shape index (κ1) is 17.9. The average Bonchev–Trinajstić information content (AvgIpc) is 2.32. The third-order valence-corrected chi connectivity index (χ3v) is 4.07. The summed E-state index contributed by atoms with van der Waals surface area (Å²) in [6.45, 7) is 6.54. The standard InChI is InChI=1S/C12H22N2O4S/c1-5-12(11(17)18,14-8(4)15)6-19-10(16)9(13)7(2)3/h7,9H,5-6,13H2,1-4H3,(H,14,15)(H,17,18)/t9-,12-/m0/s1. The van der Waals surface area contributed by atoms with E-state index in [1.165, 1.54) is 6.92 Å². The Morgan fingerprint density at radius 1 is 1.37 bits per heavy atom. The lowest BCUT2D eigenvalue weighted by molar-refractivity contribution is -0.146. The van der Waals surface area contributed by atoms with Gasteiger partial charge in [0.25, 0.3) is 0 Å². The van der Waals surface area contributed by atoms with E-state index in [2.05, 4.69) is 5.32 Å². The fraction of sp³-hybridized carbons (Fsp3) is 0.750. The molecule has 1 amide bonds. The smallest absolute Gasteiger partial charge is 0.330 e. The molecule has 0 aromatic rings. The van der Waals surface area contributed by atoms with Crippen LogP contribution in [-0.4, -0.2) is 39.4 Å². The van der Waals surface area contributed by atoms with Crippen LogP contribution >= 0.6 is 11.8 Å². The molecule has 0 fully saturated rings. The van der Waals surface area contributed by atoms with Crippen molar-refractivity contribution in [1.29, 1.82) is 0 Å². The van der Waals surface area contributed by atoms with Gasteiger partial charge in [-0.1, -0.05) is 32.5 Å². The largest absolute Gasteiger partial charge is 0.479 e. The Morgan fingerprint density at radius 3 is 2.21 bits per heavy atom. The van der Waals surface area contributed by atoms with E-state index in [0.717, 1.165) is 11.8 Å². The van der Waals surface area contributed by atoms with Crippen molar-refractivity contribution in [1.82, 2.24) is 5.32 Å². The van der Waals surface area contributed by atoms with Gasteiger partial charge in [0.2, 0.25) is 11.0 Å². The Hall–Kier alpha value is -1.08. The number of hydrogen-bond donors (Lipinski definition) is 3. The lowest BCUT2D eigenvalue weighted by atomic mass is 9.99. The summed E-state index contributed by atoms with van der Waals surface area (Å²) >= 11 is 0.855. The van der Waals surface area contributed by atoms with Crippen LogP contribution in [0.5, 0.6) is 0 Å². The molecule has 2 atom stereocenters. The number of nitrogens with two attached hydrogens (primary N) is 1. The molecule has 0 aromatic heterocycles. The van der Waals surface area contributed by atoms with Crippen LogP contribution in [0.4, 0.5) is 0 Å². The summed E-state index contributed by atoms with van der Waals surface area (Å²) < 4.78 is 0. The quantitative estimate of drug-likeness (QED) is 0.633. The van der Waals surface area contributed by atoms with Crippen LogP contribution in [-0.2, 0) is 14.4 Å². The maximum atomic E-state index is 11.8. The van der Waals surface area contributed by atoms with Crippen molar-refractivity contribution in [3.63, 3.8) is 0 Å². The van der Waals surface area contributed by atoms with Crippen molar-refractivity contribution in [2.24, 2.45) is 11.7 Å². The number of carboxylic acid groups (broad SMARTS) is 1. The van der Waals surface area contributed by atoms with Crippen molar-refractivity contribution < 1.29 is 19.5 Å². The molecule has 4 N–H and O–H groups in total. The van der Waals surface area contributed by atoms with Gasteiger partial charge < -0.3 is 16.2 Å². The Kier molecular flexibility index (Phi) is 7.07. The van der Waals surface area contributed by atoms with Gasteiger partial charge in [-0.15, -0.1) is 0 Å². The summed E-state index contributed by atoms with van der Waals surface area (Å²) in [6, 6.07) is -0.634. The number of carbonyl (C=O) groups is 3. The molecule has 6 nitrogen and oxygen atoms in total. The van der Waals surface area contributed by atoms with E-state index in [4.69, 9.17) is 5.73 Å². The highest BCUT2D eigenvalue weighted by Gasteiger charge is 2.38. The van der Waals surface area contributed by atoms with Gasteiger partial charge in [0.15, 0.2) is 0 Å². The molecule has 0 spiro atoms. The number of nitrogens with one attached hydrogen (secondary N) is 1. The van der Waals surface area contributed by atoms with Gasteiger partial charge in [-0.25, -0.2) is 4.79 Å². The predicted octanol–water partition coefficient (Wildman–Crippen LogP) is 0.599. The van der Waals surface area contributed by atoms with Crippen molar-refractivity contribution >= 4 is 28.8 Å². The highest BCUT2D eigenvalue weighted by atomic mass is 32.2. The second-order valence-electron chi connectivity index (χ2n) is 4.80. The fourth-order valence-corrected chi connectivity index (χ4v) is 2.65. The van der Waals surface area contributed by atoms with Crippen molar-refractivity contribution in [2.45, 2.75) is 45.7 Å². The van der Waals surface area contributed by atoms with Crippen molar-refractivity contribution in [2.75, 3.05) is 5.75 Å². The van der Waals surface area contributed by atoms with E-state index in [0.29, 0.717) is 0 Å². The summed E-state index contributed by atoms with van der Waals surface area (Å²) in [7, 11) is 0. The van der Waals surface area contributed by atoms with Crippen LogP contribution in [0, 0.1) is 5.92 Å². The van der Waals surface area contributed by atoms with Crippen LogP contribution in [0.15, 0.2) is 0 Å². The third kappa shape index (κ3) is 5.20. The summed E-state index contributed by atoms with van der Waals surface area (Å²) in [5.41, 5.74) is 4.28. The number of amides is 1. The first-order valence-electron chi connectivity index (χ1n) is 6.10. The minimum absolute atomic E-state index is 0.0124. The van der Waals surface area contributed by atoms with Gasteiger partial charge >= 0.3 is 5.97 Å². The van der Waals surface area contributed by atoms with Crippen LogP contribution in [0.2, 0.25) is 0 Å². The lowest BCUT2D eigenvalue weighted by Gasteiger charge is -2.28. The number of rotatable bonds is 7. The second kappa shape index (κ2) is 7.49. The minimum Gasteiger partial charge on any atom is -0.479 e. The molecule has 0 aromatic carbocycles. The maximum Gasteiger partial charge on any atom is 0.330 e. The van der Waals surface area contributed by atoms with Gasteiger partial charge in [0.05, 0.1) is 6.04 Å². The van der Waals surface area contributed by atoms with E-state index in [9.17, 15) is 19.5 Å². The Morgan fingerprint density at radius 2 is 1.89 bits per heavy atom. The number of carbonyl (C=O) groups excluding carboxylic acids is 2. The normalized spacial score (nSPS) is 15.7. The molecule has 0 saturated carbocycles. The number of aliphatic carboxylic acids is 1. The molecule has 0 aliphatic heterocycles. The Bertz CT molecular complexity index is 360. The molecular formula is C12H22N2O4S. The van der Waals surface area contributed by atoms with Gasteiger partial charge in [-0.2, -0.15) is 0 Å². The molecule has 0 rings (SSSR count). The van der Waals surface area contributed by atoms with Crippen molar-refractivity contribution in [3.8, 4) is 0 Å². The van der Waals surface area contributed by atoms with Gasteiger partial charge in [-0.05, 0) is 12.3 Å². The number of hydrogen-bond acceptors (Lipinski definition) is 5. The lowest BCUT2D eigenvalue weighted by Crippen LogP contribution is -2.56. The van der Waals surface area contributed by atoms with E-state index in [1.807, 2.05) is 13.8 Å². The molecule has 0 aliphatic rings. The molecule has 0 unspecified atom stereocenters. The molecule has 0 aliphatic carbocycles. The molecule has 110 valence electrons. The zero-order chi connectivity index (χ0) is 15.2. The van der Waals surface area contributed by atoms with E-state index in [-0.39, 0.29) is 23.2 Å². The average molecular weight is 290 g/mol. The summed E-state index contributed by atoms with van der Waals surface area (Å²) in [5, 5.41) is 11.4. The van der Waals surface area contributed by atoms with E-state index in [1.54, 1.807) is 6.92 Å². The number of carboxylic acids is 1. The van der Waals surface area contributed by atoms with Crippen LogP contribution in [0.3, 0.4) is 0 Å². The van der Waals surface area contributed by atoms with Crippen LogP contribution in [0.25, 0.3) is 0 Å². The zero-order valence-electron chi connectivity index (χ0n) is 11.7. The molecule has 0 radical (unpaired) electrons. The summed E-state index contributed by atoms with van der Waals surface area (Å²) in [4.78, 5) is 34.2. The van der Waals surface area contributed by atoms with Gasteiger partial charge in [0.1, 0.15) is 5.54 Å². The first-order valence-corrected chi connectivity index (χ1v) is 7.09. The van der Waals surface area contributed by atoms with Gasteiger partial charge in [-0.3, -0.25) is 9.59 Å². The summed E-state index contributed by atoms with van der Waals surface area (Å²) in [5.74, 6) is -1.63. The summed E-state index contributed by atoms with van der Waals surface area (Å²) in [6.07, 6.45) is 0.194. The zero-order valence-corrected chi connectivity index (χ0v) is 12.5. The highest BCUT2D eigenvalue weighted by Crippen LogP contribution is 2.21. The van der Waals surface area contributed by atoms with Gasteiger partial charge in [0, 0.05) is 12.7 Å². The van der Waals surface area contributed by atoms with E-state index < -0.39 is 23.5 Å². The predicted molar refractivity (Wildman–Crippen MR) is 74.8 cm³/mol. The molecule has 0 heterocycles. The second-order valence-corrected chi connectivity index (χ2v) is 5.78. The highest BCUT2D eigenvalue weighted by molar-refractivity contribution is 8.13. The molecule has 0 saturated heterocycles. The molecular weight excluding hydrogens is 268 g/mol. The first-order chi connectivity index (χ1) is 8.66. The topological polar surface area (TPSA) is 109 Å². The van der Waals surface area contributed by atoms with Crippen LogP contribution in [0.1, 0.15) is 34.1 Å². The Labute approximate surface area is 117 Å². The van der Waals surface area contributed by atoms with E-state index >= 15 is 0 Å². The maximum absolute atomic E-state index is 11.8. The molecule has 0 bridgehead atoms. The molecule has 7 heteroatoms. The van der Waals surface area contributed by atoms with Crippen molar-refractivity contribution in [3.05, 3.63) is 0 Å². The monoisotopic (exact) mass is 290 g/mol. The van der Waals surface area contributed by atoms with Crippen LogP contribution < -0.4 is 11.1 Å². The Balaban J connectivity index is 4.81.